The normalized spacial score (nSPS) is 33.9. The summed E-state index contributed by atoms with van der Waals surface area (Å²) in [4.78, 5) is 24.4. The molecule has 4 atom stereocenters. The van der Waals surface area contributed by atoms with E-state index >= 15 is 0 Å². The molecule has 22 heavy (non-hydrogen) atoms. The van der Waals surface area contributed by atoms with Gasteiger partial charge in [0.15, 0.2) is 5.78 Å². The van der Waals surface area contributed by atoms with Gasteiger partial charge in [0.25, 0.3) is 0 Å². The van der Waals surface area contributed by atoms with Gasteiger partial charge in [0.2, 0.25) is 0 Å². The van der Waals surface area contributed by atoms with Crippen LogP contribution in [0.4, 0.5) is 0 Å². The Morgan fingerprint density at radius 1 is 1.32 bits per heavy atom. The van der Waals surface area contributed by atoms with Crippen LogP contribution in [-0.2, 0) is 14.3 Å². The number of carbonyl (C=O) groups is 2. The molecule has 0 aromatic heterocycles. The standard InChI is InChI=1S/C19H22O3/c1-5-17(20)16-8-12-6-7-13-11(4)22-19(21)18(13)15(12)9-14(16)10(2)3/h5,13-14,16,18H,1-2,4,6-9H2,3H3. The van der Waals surface area contributed by atoms with E-state index in [0.717, 1.165) is 31.3 Å². The summed E-state index contributed by atoms with van der Waals surface area (Å²) < 4.78 is 5.28. The number of allylic oxidation sites excluding steroid dienone is 4. The van der Waals surface area contributed by atoms with Gasteiger partial charge >= 0.3 is 5.97 Å². The maximum absolute atomic E-state index is 12.2. The van der Waals surface area contributed by atoms with Crippen LogP contribution in [0.5, 0.6) is 0 Å². The predicted molar refractivity (Wildman–Crippen MR) is 84.7 cm³/mol. The van der Waals surface area contributed by atoms with E-state index in [1.807, 2.05) is 6.92 Å². The van der Waals surface area contributed by atoms with Crippen molar-refractivity contribution in [3.8, 4) is 0 Å². The highest BCUT2D eigenvalue weighted by Crippen LogP contribution is 2.51. The number of hydrogen-bond donors (Lipinski definition) is 0. The quantitative estimate of drug-likeness (QED) is 0.453. The van der Waals surface area contributed by atoms with Crippen LogP contribution in [0.15, 0.2) is 48.3 Å². The molecule has 0 aromatic rings. The van der Waals surface area contributed by atoms with Crippen molar-refractivity contribution in [2.75, 3.05) is 0 Å². The molecule has 116 valence electrons. The van der Waals surface area contributed by atoms with Crippen LogP contribution >= 0.6 is 0 Å². The van der Waals surface area contributed by atoms with Gasteiger partial charge < -0.3 is 4.74 Å². The van der Waals surface area contributed by atoms with Crippen LogP contribution in [0.1, 0.15) is 32.6 Å². The molecule has 0 bridgehead atoms. The lowest BCUT2D eigenvalue weighted by Crippen LogP contribution is -2.34. The smallest absolute Gasteiger partial charge is 0.318 e. The molecule has 3 rings (SSSR count). The van der Waals surface area contributed by atoms with Crippen LogP contribution in [-0.4, -0.2) is 11.8 Å². The third-order valence-electron chi connectivity index (χ3n) is 5.48. The van der Waals surface area contributed by atoms with E-state index in [1.165, 1.54) is 17.2 Å². The summed E-state index contributed by atoms with van der Waals surface area (Å²) >= 11 is 0. The number of esters is 1. The Morgan fingerprint density at radius 2 is 2.05 bits per heavy atom. The minimum atomic E-state index is -0.183. The number of rotatable bonds is 3. The first-order valence-electron chi connectivity index (χ1n) is 7.87. The van der Waals surface area contributed by atoms with E-state index in [0.29, 0.717) is 5.76 Å². The fourth-order valence-electron chi connectivity index (χ4n) is 4.30. The lowest BCUT2D eigenvalue weighted by atomic mass is 9.63. The van der Waals surface area contributed by atoms with Crippen molar-refractivity contribution in [1.82, 2.24) is 0 Å². The lowest BCUT2D eigenvalue weighted by Gasteiger charge is -2.39. The number of ketones is 1. The molecule has 1 fully saturated rings. The van der Waals surface area contributed by atoms with Gasteiger partial charge in [-0.05, 0) is 44.6 Å². The molecule has 0 N–H and O–H groups in total. The Bertz CT molecular complexity index is 623. The minimum absolute atomic E-state index is 0.0778. The van der Waals surface area contributed by atoms with E-state index in [2.05, 4.69) is 19.7 Å². The molecule has 0 radical (unpaired) electrons. The molecule has 1 aliphatic heterocycles. The van der Waals surface area contributed by atoms with E-state index in [9.17, 15) is 9.59 Å². The molecule has 2 aliphatic carbocycles. The molecule has 3 heteroatoms. The third-order valence-corrected chi connectivity index (χ3v) is 5.48. The highest BCUT2D eigenvalue weighted by Gasteiger charge is 2.48. The van der Waals surface area contributed by atoms with Crippen LogP contribution in [0.3, 0.4) is 0 Å². The first kappa shape index (κ1) is 15.0. The highest BCUT2D eigenvalue weighted by atomic mass is 16.5. The summed E-state index contributed by atoms with van der Waals surface area (Å²) in [5.74, 6) is 0.464. The summed E-state index contributed by atoms with van der Waals surface area (Å²) in [5, 5.41) is 0. The number of ether oxygens (including phenoxy) is 1. The molecular weight excluding hydrogens is 276 g/mol. The molecule has 3 aliphatic rings. The van der Waals surface area contributed by atoms with E-state index in [4.69, 9.17) is 4.74 Å². The second kappa shape index (κ2) is 5.38. The van der Waals surface area contributed by atoms with Crippen molar-refractivity contribution >= 4 is 11.8 Å². The van der Waals surface area contributed by atoms with Gasteiger partial charge in [-0.2, -0.15) is 0 Å². The first-order chi connectivity index (χ1) is 10.4. The molecule has 0 saturated carbocycles. The van der Waals surface area contributed by atoms with Crippen molar-refractivity contribution in [2.24, 2.45) is 23.7 Å². The average Bonchev–Trinajstić information content (AvgIpc) is 2.79. The zero-order valence-electron chi connectivity index (χ0n) is 13.1. The van der Waals surface area contributed by atoms with Crippen molar-refractivity contribution in [1.29, 1.82) is 0 Å². The average molecular weight is 298 g/mol. The van der Waals surface area contributed by atoms with Gasteiger partial charge in [-0.1, -0.05) is 36.5 Å². The Labute approximate surface area is 131 Å². The fraction of sp³-hybridized carbons (Fsp3) is 0.474. The number of cyclic esters (lactones) is 1. The van der Waals surface area contributed by atoms with Gasteiger partial charge in [0, 0.05) is 11.8 Å². The monoisotopic (exact) mass is 298 g/mol. The van der Waals surface area contributed by atoms with Gasteiger partial charge in [-0.25, -0.2) is 0 Å². The summed E-state index contributed by atoms with van der Waals surface area (Å²) in [6.45, 7) is 13.5. The van der Waals surface area contributed by atoms with E-state index < -0.39 is 0 Å². The Morgan fingerprint density at radius 3 is 2.68 bits per heavy atom. The zero-order valence-corrected chi connectivity index (χ0v) is 13.1. The van der Waals surface area contributed by atoms with Crippen LogP contribution in [0.2, 0.25) is 0 Å². The molecule has 0 spiro atoms. The second-order valence-electron chi connectivity index (χ2n) is 6.71. The minimum Gasteiger partial charge on any atom is -0.431 e. The van der Waals surface area contributed by atoms with Gasteiger partial charge in [-0.3, -0.25) is 9.59 Å². The van der Waals surface area contributed by atoms with Gasteiger partial charge in [0.05, 0.1) is 5.92 Å². The fourth-order valence-corrected chi connectivity index (χ4v) is 4.30. The largest absolute Gasteiger partial charge is 0.431 e. The maximum Gasteiger partial charge on any atom is 0.318 e. The summed E-state index contributed by atoms with van der Waals surface area (Å²) in [5.41, 5.74) is 3.45. The number of hydrogen-bond acceptors (Lipinski definition) is 3. The molecule has 0 amide bonds. The van der Waals surface area contributed by atoms with Crippen molar-refractivity contribution in [3.63, 3.8) is 0 Å². The van der Waals surface area contributed by atoms with Crippen molar-refractivity contribution in [2.45, 2.75) is 32.6 Å². The van der Waals surface area contributed by atoms with Crippen LogP contribution < -0.4 is 0 Å². The highest BCUT2D eigenvalue weighted by molar-refractivity contribution is 5.92. The molecular formula is C19H22O3. The SMILES string of the molecule is C=CC(=O)C1CC2=C(CC1C(=C)C)C1C(=O)OC(=C)C1CC2. The van der Waals surface area contributed by atoms with Gasteiger partial charge in [-0.15, -0.1) is 0 Å². The number of fused-ring (bicyclic) bond motifs is 2. The zero-order chi connectivity index (χ0) is 16.0. The molecule has 3 nitrogen and oxygen atoms in total. The van der Waals surface area contributed by atoms with Crippen molar-refractivity contribution < 1.29 is 14.3 Å². The molecule has 1 saturated heterocycles. The Hall–Kier alpha value is -1.90. The first-order valence-corrected chi connectivity index (χ1v) is 7.87. The summed E-state index contributed by atoms with van der Waals surface area (Å²) in [7, 11) is 0. The molecule has 0 aromatic carbocycles. The Kier molecular flexibility index (Phi) is 3.67. The lowest BCUT2D eigenvalue weighted by molar-refractivity contribution is -0.138. The Balaban J connectivity index is 1.98. The topological polar surface area (TPSA) is 43.4 Å². The predicted octanol–water partition coefficient (Wildman–Crippen LogP) is 3.74. The van der Waals surface area contributed by atoms with Gasteiger partial charge in [0.1, 0.15) is 5.76 Å². The summed E-state index contributed by atoms with van der Waals surface area (Å²) in [6, 6.07) is 0. The van der Waals surface area contributed by atoms with E-state index in [1.54, 1.807) is 0 Å². The molecule has 1 heterocycles. The third kappa shape index (κ3) is 2.20. The number of carbonyl (C=O) groups excluding carboxylic acids is 2. The van der Waals surface area contributed by atoms with E-state index in [-0.39, 0.29) is 35.4 Å². The maximum atomic E-state index is 12.2. The van der Waals surface area contributed by atoms with Crippen LogP contribution in [0, 0.1) is 23.7 Å². The van der Waals surface area contributed by atoms with Crippen molar-refractivity contribution in [3.05, 3.63) is 48.3 Å². The summed E-state index contributed by atoms with van der Waals surface area (Å²) in [6.07, 6.45) is 4.69. The second-order valence-corrected chi connectivity index (χ2v) is 6.71. The van der Waals surface area contributed by atoms with Crippen LogP contribution in [0.25, 0.3) is 0 Å². The molecule has 4 unspecified atom stereocenters.